The second-order valence-electron chi connectivity index (χ2n) is 5.43. The van der Waals surface area contributed by atoms with E-state index in [0.717, 1.165) is 20.8 Å². The lowest BCUT2D eigenvalue weighted by molar-refractivity contribution is 0.522. The van der Waals surface area contributed by atoms with Gasteiger partial charge < -0.3 is 5.32 Å². The smallest absolute Gasteiger partial charge is 0.0991 e. The fourth-order valence-corrected chi connectivity index (χ4v) is 3.98. The Balaban J connectivity index is 2.02. The first kappa shape index (κ1) is 18.3. The molecule has 0 aromatic carbocycles. The van der Waals surface area contributed by atoms with E-state index < -0.39 is 0 Å². The van der Waals surface area contributed by atoms with Crippen LogP contribution in [0.15, 0.2) is 6.07 Å². The Morgan fingerprint density at radius 3 is 2.20 bits per heavy atom. The second-order valence-corrected chi connectivity index (χ2v) is 7.72. The van der Waals surface area contributed by atoms with Crippen LogP contribution in [0.25, 0.3) is 0 Å². The van der Waals surface area contributed by atoms with Gasteiger partial charge in [0.2, 0.25) is 0 Å². The second kappa shape index (κ2) is 10.9. The molecule has 1 heterocycles. The van der Waals surface area contributed by atoms with Gasteiger partial charge in [-0.3, -0.25) is 0 Å². The molecule has 1 unspecified atom stereocenters. The molecule has 1 aromatic rings. The summed E-state index contributed by atoms with van der Waals surface area (Å²) in [6.07, 6.45) is 10.9. The summed E-state index contributed by atoms with van der Waals surface area (Å²) in [6.45, 7) is 5.47. The summed E-state index contributed by atoms with van der Waals surface area (Å²) < 4.78 is 1.58. The van der Waals surface area contributed by atoms with E-state index in [9.17, 15) is 0 Å². The van der Waals surface area contributed by atoms with Crippen LogP contribution in [0, 0.1) is 0 Å². The highest BCUT2D eigenvalue weighted by atomic mass is 35.5. The number of rotatable bonds is 11. The lowest BCUT2D eigenvalue weighted by Gasteiger charge is -2.13. The van der Waals surface area contributed by atoms with Crippen LogP contribution in [0.4, 0.5) is 0 Å². The maximum atomic E-state index is 6.16. The minimum absolute atomic E-state index is 0.288. The number of unbranched alkanes of at least 4 members (excludes halogenated alkanes) is 7. The number of nitrogens with one attached hydrogen (secondary N) is 1. The molecule has 0 saturated carbocycles. The van der Waals surface area contributed by atoms with Crippen molar-refractivity contribution >= 4 is 34.5 Å². The molecule has 4 heteroatoms. The van der Waals surface area contributed by atoms with Gasteiger partial charge in [0.25, 0.3) is 0 Å². The van der Waals surface area contributed by atoms with Crippen LogP contribution < -0.4 is 5.32 Å². The van der Waals surface area contributed by atoms with E-state index in [1.807, 2.05) is 6.07 Å². The van der Waals surface area contributed by atoms with Gasteiger partial charge in [0.05, 0.1) is 8.67 Å². The zero-order valence-corrected chi connectivity index (χ0v) is 15.0. The first-order valence-corrected chi connectivity index (χ1v) is 9.40. The molecular weight excluding hydrogens is 309 g/mol. The largest absolute Gasteiger partial charge is 0.310 e. The number of hydrogen-bond acceptors (Lipinski definition) is 2. The maximum Gasteiger partial charge on any atom is 0.0991 e. The van der Waals surface area contributed by atoms with Crippen LogP contribution in [0.3, 0.4) is 0 Å². The molecule has 0 spiro atoms. The quantitative estimate of drug-likeness (QED) is 0.436. The molecule has 116 valence electrons. The molecule has 0 aliphatic carbocycles. The van der Waals surface area contributed by atoms with Crippen LogP contribution in [0.1, 0.15) is 76.8 Å². The minimum Gasteiger partial charge on any atom is -0.310 e. The molecule has 1 nitrogen and oxygen atoms in total. The summed E-state index contributed by atoms with van der Waals surface area (Å²) in [6, 6.07) is 2.26. The van der Waals surface area contributed by atoms with Gasteiger partial charge in [-0.25, -0.2) is 0 Å². The number of hydrogen-bond donors (Lipinski definition) is 1. The van der Waals surface area contributed by atoms with Crippen LogP contribution in [0.2, 0.25) is 8.67 Å². The molecule has 1 N–H and O–H groups in total. The third kappa shape index (κ3) is 7.31. The molecule has 0 amide bonds. The molecule has 1 aromatic heterocycles. The standard InChI is InChI=1S/C16H27Cl2NS/c1-3-4-5-6-7-8-9-10-11-19-13(2)14-12-15(17)20-16(14)18/h12-13,19H,3-11H2,1-2H3. The molecule has 1 rings (SSSR count). The first-order chi connectivity index (χ1) is 9.65. The van der Waals surface area contributed by atoms with E-state index >= 15 is 0 Å². The Bertz CT molecular complexity index is 365. The van der Waals surface area contributed by atoms with Crippen LogP contribution in [-0.4, -0.2) is 6.54 Å². The number of halogens is 2. The van der Waals surface area contributed by atoms with Crippen molar-refractivity contribution in [2.24, 2.45) is 0 Å². The highest BCUT2D eigenvalue weighted by molar-refractivity contribution is 7.20. The highest BCUT2D eigenvalue weighted by Crippen LogP contribution is 2.34. The fourth-order valence-electron chi connectivity index (χ4n) is 2.34. The summed E-state index contributed by atoms with van der Waals surface area (Å²) in [5, 5.41) is 3.53. The van der Waals surface area contributed by atoms with Gasteiger partial charge in [-0.05, 0) is 31.5 Å². The molecule has 20 heavy (non-hydrogen) atoms. The van der Waals surface area contributed by atoms with Gasteiger partial charge in [0.1, 0.15) is 0 Å². The fraction of sp³-hybridized carbons (Fsp3) is 0.750. The Labute approximate surface area is 138 Å². The van der Waals surface area contributed by atoms with Gasteiger partial charge in [0.15, 0.2) is 0 Å². The van der Waals surface area contributed by atoms with Crippen molar-refractivity contribution < 1.29 is 0 Å². The average Bonchev–Trinajstić information content (AvgIpc) is 2.75. The molecule has 0 aliphatic rings. The van der Waals surface area contributed by atoms with Crippen LogP contribution >= 0.6 is 34.5 Å². The van der Waals surface area contributed by atoms with E-state index in [4.69, 9.17) is 23.2 Å². The zero-order chi connectivity index (χ0) is 14.8. The molecule has 0 fully saturated rings. The van der Waals surface area contributed by atoms with E-state index in [0.29, 0.717) is 0 Å². The molecule has 0 radical (unpaired) electrons. The monoisotopic (exact) mass is 335 g/mol. The third-order valence-corrected chi connectivity index (χ3v) is 5.15. The maximum absolute atomic E-state index is 6.16. The van der Waals surface area contributed by atoms with Crippen LogP contribution in [-0.2, 0) is 0 Å². The third-order valence-electron chi connectivity index (χ3n) is 3.63. The van der Waals surface area contributed by atoms with Crippen molar-refractivity contribution in [2.75, 3.05) is 6.54 Å². The van der Waals surface area contributed by atoms with Gasteiger partial charge in [-0.15, -0.1) is 11.3 Å². The Hall–Kier alpha value is 0.240. The SMILES string of the molecule is CCCCCCCCCCNC(C)c1cc(Cl)sc1Cl. The zero-order valence-electron chi connectivity index (χ0n) is 12.7. The summed E-state index contributed by atoms with van der Waals surface area (Å²) in [7, 11) is 0. The normalized spacial score (nSPS) is 12.8. The number of thiophene rings is 1. The first-order valence-electron chi connectivity index (χ1n) is 7.83. The van der Waals surface area contributed by atoms with E-state index in [-0.39, 0.29) is 6.04 Å². The van der Waals surface area contributed by atoms with E-state index in [1.165, 1.54) is 62.7 Å². The van der Waals surface area contributed by atoms with Gasteiger partial charge in [0, 0.05) is 6.04 Å². The summed E-state index contributed by atoms with van der Waals surface area (Å²) >= 11 is 13.6. The van der Waals surface area contributed by atoms with Crippen molar-refractivity contribution in [1.82, 2.24) is 5.32 Å². The highest BCUT2D eigenvalue weighted by Gasteiger charge is 2.12. The average molecular weight is 336 g/mol. The summed E-state index contributed by atoms with van der Waals surface area (Å²) in [5.41, 5.74) is 1.13. The van der Waals surface area contributed by atoms with Crippen molar-refractivity contribution in [2.45, 2.75) is 71.3 Å². The summed E-state index contributed by atoms with van der Waals surface area (Å²) in [5.74, 6) is 0. The van der Waals surface area contributed by atoms with Gasteiger partial charge >= 0.3 is 0 Å². The van der Waals surface area contributed by atoms with E-state index in [2.05, 4.69) is 19.2 Å². The predicted molar refractivity (Wildman–Crippen MR) is 93.4 cm³/mol. The molecule has 0 bridgehead atoms. The Morgan fingerprint density at radius 1 is 1.05 bits per heavy atom. The molecule has 0 aliphatic heterocycles. The molecular formula is C16H27Cl2NS. The van der Waals surface area contributed by atoms with Crippen molar-refractivity contribution in [1.29, 1.82) is 0 Å². The summed E-state index contributed by atoms with van der Waals surface area (Å²) in [4.78, 5) is 0. The van der Waals surface area contributed by atoms with Gasteiger partial charge in [-0.1, -0.05) is 75.1 Å². The van der Waals surface area contributed by atoms with Crippen molar-refractivity contribution in [3.05, 3.63) is 20.3 Å². The lowest BCUT2D eigenvalue weighted by Crippen LogP contribution is -2.19. The van der Waals surface area contributed by atoms with Crippen molar-refractivity contribution in [3.8, 4) is 0 Å². The van der Waals surface area contributed by atoms with E-state index in [1.54, 1.807) is 0 Å². The Kier molecular flexibility index (Phi) is 9.96. The predicted octanol–water partition coefficient (Wildman–Crippen LogP) is 6.85. The van der Waals surface area contributed by atoms with Gasteiger partial charge in [-0.2, -0.15) is 0 Å². The Morgan fingerprint density at radius 2 is 1.65 bits per heavy atom. The lowest BCUT2D eigenvalue weighted by atomic mass is 10.1. The van der Waals surface area contributed by atoms with Crippen molar-refractivity contribution in [3.63, 3.8) is 0 Å². The molecule has 1 atom stereocenters. The topological polar surface area (TPSA) is 12.0 Å². The minimum atomic E-state index is 0.288. The van der Waals surface area contributed by atoms with Crippen LogP contribution in [0.5, 0.6) is 0 Å². The molecule has 0 saturated heterocycles.